The molecule has 0 radical (unpaired) electrons. The number of thioether (sulfide) groups is 1. The quantitative estimate of drug-likeness (QED) is 0.801. The first-order valence-corrected chi connectivity index (χ1v) is 6.64. The minimum absolute atomic E-state index is 0.0624. The Morgan fingerprint density at radius 2 is 2.25 bits per heavy atom. The molecule has 0 saturated carbocycles. The molecule has 0 bridgehead atoms. The zero-order chi connectivity index (χ0) is 12.0. The number of anilines is 1. The first-order chi connectivity index (χ1) is 7.61. The molecular formula is C12H18N2OS. The Bertz CT molecular complexity index is 335. The molecule has 0 aromatic carbocycles. The highest BCUT2D eigenvalue weighted by molar-refractivity contribution is 7.98. The number of hydrogen-bond acceptors (Lipinski definition) is 3. The predicted octanol–water partition coefficient (Wildman–Crippen LogP) is 3.18. The smallest absolute Gasteiger partial charge is 0.224 e. The van der Waals surface area contributed by atoms with E-state index in [-0.39, 0.29) is 5.91 Å². The molecule has 0 atom stereocenters. The van der Waals surface area contributed by atoms with Crippen LogP contribution in [0.4, 0.5) is 5.69 Å². The SMILES string of the molecule is CSc1ccc(NC(=O)CCC(C)C)cn1. The minimum Gasteiger partial charge on any atom is -0.325 e. The topological polar surface area (TPSA) is 42.0 Å². The van der Waals surface area contributed by atoms with Gasteiger partial charge >= 0.3 is 0 Å². The van der Waals surface area contributed by atoms with Gasteiger partial charge in [-0.3, -0.25) is 4.79 Å². The maximum atomic E-state index is 11.5. The summed E-state index contributed by atoms with van der Waals surface area (Å²) < 4.78 is 0. The molecule has 1 heterocycles. The van der Waals surface area contributed by atoms with Crippen LogP contribution in [0, 0.1) is 5.92 Å². The van der Waals surface area contributed by atoms with Crippen LogP contribution < -0.4 is 5.32 Å². The van der Waals surface area contributed by atoms with Gasteiger partial charge in [-0.15, -0.1) is 11.8 Å². The molecular weight excluding hydrogens is 220 g/mol. The molecule has 16 heavy (non-hydrogen) atoms. The second-order valence-corrected chi connectivity index (χ2v) is 4.90. The highest BCUT2D eigenvalue weighted by Crippen LogP contribution is 2.14. The fraction of sp³-hybridized carbons (Fsp3) is 0.500. The number of aromatic nitrogens is 1. The Morgan fingerprint density at radius 1 is 1.50 bits per heavy atom. The van der Waals surface area contributed by atoms with E-state index in [1.807, 2.05) is 18.4 Å². The van der Waals surface area contributed by atoms with Gasteiger partial charge < -0.3 is 5.32 Å². The number of carbonyl (C=O) groups is 1. The van der Waals surface area contributed by atoms with Crippen molar-refractivity contribution in [2.75, 3.05) is 11.6 Å². The first-order valence-electron chi connectivity index (χ1n) is 5.41. The Hall–Kier alpha value is -1.03. The first kappa shape index (κ1) is 13.0. The van der Waals surface area contributed by atoms with Gasteiger partial charge in [0.2, 0.25) is 5.91 Å². The lowest BCUT2D eigenvalue weighted by Crippen LogP contribution is -2.12. The molecule has 3 nitrogen and oxygen atoms in total. The van der Waals surface area contributed by atoms with E-state index in [4.69, 9.17) is 0 Å². The Labute approximate surface area is 101 Å². The number of rotatable bonds is 5. The van der Waals surface area contributed by atoms with Gasteiger partial charge in [0.05, 0.1) is 16.9 Å². The van der Waals surface area contributed by atoms with Crippen molar-refractivity contribution in [3.63, 3.8) is 0 Å². The van der Waals surface area contributed by atoms with Crippen LogP contribution in [0.1, 0.15) is 26.7 Å². The molecule has 1 aromatic rings. The summed E-state index contributed by atoms with van der Waals surface area (Å²) in [5.41, 5.74) is 0.770. The summed E-state index contributed by atoms with van der Waals surface area (Å²) in [6.07, 6.45) is 5.16. The van der Waals surface area contributed by atoms with Crippen LogP contribution in [0.5, 0.6) is 0 Å². The van der Waals surface area contributed by atoms with E-state index in [1.54, 1.807) is 18.0 Å². The Kier molecular flexibility index (Phi) is 5.32. The predicted molar refractivity (Wildman–Crippen MR) is 68.7 cm³/mol. The lowest BCUT2D eigenvalue weighted by Gasteiger charge is -2.06. The number of pyridine rings is 1. The summed E-state index contributed by atoms with van der Waals surface area (Å²) in [6.45, 7) is 4.23. The second kappa shape index (κ2) is 6.53. The minimum atomic E-state index is 0.0624. The largest absolute Gasteiger partial charge is 0.325 e. The van der Waals surface area contributed by atoms with Crippen molar-refractivity contribution >= 4 is 23.4 Å². The van der Waals surface area contributed by atoms with Crippen LogP contribution in [-0.4, -0.2) is 17.1 Å². The molecule has 1 rings (SSSR count). The van der Waals surface area contributed by atoms with Gasteiger partial charge in [-0.25, -0.2) is 4.98 Å². The van der Waals surface area contributed by atoms with E-state index >= 15 is 0 Å². The van der Waals surface area contributed by atoms with Crippen LogP contribution >= 0.6 is 11.8 Å². The average molecular weight is 238 g/mol. The number of carbonyl (C=O) groups excluding carboxylic acids is 1. The molecule has 1 amide bonds. The zero-order valence-corrected chi connectivity index (χ0v) is 10.8. The second-order valence-electron chi connectivity index (χ2n) is 4.07. The van der Waals surface area contributed by atoms with Gasteiger partial charge in [-0.1, -0.05) is 13.8 Å². The van der Waals surface area contributed by atoms with Crippen molar-refractivity contribution in [2.24, 2.45) is 5.92 Å². The van der Waals surface area contributed by atoms with E-state index in [0.717, 1.165) is 17.1 Å². The van der Waals surface area contributed by atoms with Crippen LogP contribution in [-0.2, 0) is 4.79 Å². The van der Waals surface area contributed by atoms with Gasteiger partial charge in [0, 0.05) is 6.42 Å². The Balaban J connectivity index is 2.43. The summed E-state index contributed by atoms with van der Waals surface area (Å²) in [5, 5.41) is 3.80. The third-order valence-corrected chi connectivity index (χ3v) is 2.84. The third kappa shape index (κ3) is 4.66. The normalized spacial score (nSPS) is 10.5. The lowest BCUT2D eigenvalue weighted by molar-refractivity contribution is -0.116. The van der Waals surface area contributed by atoms with E-state index < -0.39 is 0 Å². The summed E-state index contributed by atoms with van der Waals surface area (Å²) >= 11 is 1.59. The molecule has 1 N–H and O–H groups in total. The Morgan fingerprint density at radius 3 is 2.75 bits per heavy atom. The zero-order valence-electron chi connectivity index (χ0n) is 9.99. The van der Waals surface area contributed by atoms with Gasteiger partial charge in [0.1, 0.15) is 0 Å². The third-order valence-electron chi connectivity index (χ3n) is 2.18. The van der Waals surface area contributed by atoms with Crippen molar-refractivity contribution in [2.45, 2.75) is 31.7 Å². The fourth-order valence-corrected chi connectivity index (χ4v) is 1.58. The molecule has 88 valence electrons. The van der Waals surface area contributed by atoms with Crippen LogP contribution in [0.15, 0.2) is 23.4 Å². The standard InChI is InChI=1S/C12H18N2OS/c1-9(2)4-6-11(15)14-10-5-7-12(16-3)13-8-10/h5,7-9H,4,6H2,1-3H3,(H,14,15). The van der Waals surface area contributed by atoms with Gasteiger partial charge in [-0.2, -0.15) is 0 Å². The summed E-state index contributed by atoms with van der Waals surface area (Å²) in [4.78, 5) is 15.7. The number of nitrogens with one attached hydrogen (secondary N) is 1. The van der Waals surface area contributed by atoms with Gasteiger partial charge in [-0.05, 0) is 30.7 Å². The molecule has 0 spiro atoms. The fourth-order valence-electron chi connectivity index (χ4n) is 1.22. The van der Waals surface area contributed by atoms with Crippen molar-refractivity contribution in [1.29, 1.82) is 0 Å². The van der Waals surface area contributed by atoms with Crippen LogP contribution in [0.3, 0.4) is 0 Å². The highest BCUT2D eigenvalue weighted by Gasteiger charge is 2.04. The molecule has 1 aromatic heterocycles. The summed E-state index contributed by atoms with van der Waals surface area (Å²) in [7, 11) is 0. The average Bonchev–Trinajstić information content (AvgIpc) is 2.27. The van der Waals surface area contributed by atoms with Crippen molar-refractivity contribution in [3.8, 4) is 0 Å². The number of nitrogens with zero attached hydrogens (tertiary/aromatic N) is 1. The molecule has 0 aliphatic carbocycles. The molecule has 0 unspecified atom stereocenters. The number of amides is 1. The van der Waals surface area contributed by atoms with E-state index in [0.29, 0.717) is 12.3 Å². The molecule has 0 aliphatic rings. The molecule has 0 aliphatic heterocycles. The number of hydrogen-bond donors (Lipinski definition) is 1. The summed E-state index contributed by atoms with van der Waals surface area (Å²) in [5.74, 6) is 0.621. The van der Waals surface area contributed by atoms with Crippen LogP contribution in [0.25, 0.3) is 0 Å². The van der Waals surface area contributed by atoms with Gasteiger partial charge in [0.15, 0.2) is 0 Å². The molecule has 0 fully saturated rings. The molecule has 4 heteroatoms. The van der Waals surface area contributed by atoms with E-state index in [2.05, 4.69) is 24.1 Å². The van der Waals surface area contributed by atoms with Crippen molar-refractivity contribution in [3.05, 3.63) is 18.3 Å². The van der Waals surface area contributed by atoms with Gasteiger partial charge in [0.25, 0.3) is 0 Å². The maximum absolute atomic E-state index is 11.5. The van der Waals surface area contributed by atoms with E-state index in [1.165, 1.54) is 0 Å². The van der Waals surface area contributed by atoms with Crippen molar-refractivity contribution < 1.29 is 4.79 Å². The monoisotopic (exact) mass is 238 g/mol. The lowest BCUT2D eigenvalue weighted by atomic mass is 10.1. The maximum Gasteiger partial charge on any atom is 0.224 e. The van der Waals surface area contributed by atoms with Crippen LogP contribution in [0.2, 0.25) is 0 Å². The van der Waals surface area contributed by atoms with Crippen molar-refractivity contribution in [1.82, 2.24) is 4.98 Å². The summed E-state index contributed by atoms with van der Waals surface area (Å²) in [6, 6.07) is 3.79. The van der Waals surface area contributed by atoms with E-state index in [9.17, 15) is 4.79 Å². The highest BCUT2D eigenvalue weighted by atomic mass is 32.2. The molecule has 0 saturated heterocycles.